The number of aromatic nitrogens is 2. The number of rotatable bonds is 6. The first-order valence-electron chi connectivity index (χ1n) is 13.3. The van der Waals surface area contributed by atoms with Crippen molar-refractivity contribution in [2.45, 2.75) is 57.9 Å². The summed E-state index contributed by atoms with van der Waals surface area (Å²) in [6.45, 7) is 4.66. The lowest BCUT2D eigenvalue weighted by Gasteiger charge is -2.26. The first-order valence-corrected chi connectivity index (χ1v) is 13.7. The summed E-state index contributed by atoms with van der Waals surface area (Å²) in [5.41, 5.74) is 1.06. The van der Waals surface area contributed by atoms with Gasteiger partial charge in [-0.2, -0.15) is 9.97 Å². The van der Waals surface area contributed by atoms with Gasteiger partial charge in [-0.1, -0.05) is 56.0 Å². The van der Waals surface area contributed by atoms with Gasteiger partial charge in [0.1, 0.15) is 23.2 Å². The molecule has 36 heavy (non-hydrogen) atoms. The number of thiocarbonyl (C=S) groups is 1. The molecule has 3 aromatic rings. The van der Waals surface area contributed by atoms with Crippen molar-refractivity contribution < 1.29 is 4.42 Å². The highest BCUT2D eigenvalue weighted by atomic mass is 32.1. The smallest absolute Gasteiger partial charge is 0.232 e. The molecule has 0 amide bonds. The van der Waals surface area contributed by atoms with E-state index in [4.69, 9.17) is 26.6 Å². The summed E-state index contributed by atoms with van der Waals surface area (Å²) in [7, 11) is 0. The van der Waals surface area contributed by atoms with Gasteiger partial charge in [0.25, 0.3) is 0 Å². The maximum atomic E-state index is 6.00. The van der Waals surface area contributed by atoms with Crippen LogP contribution in [-0.2, 0) is 6.54 Å². The second-order valence-corrected chi connectivity index (χ2v) is 10.1. The van der Waals surface area contributed by atoms with Crippen LogP contribution in [0.5, 0.6) is 0 Å². The number of anilines is 3. The number of nitrogens with one attached hydrogen (secondary N) is 2. The first-order chi connectivity index (χ1) is 17.7. The van der Waals surface area contributed by atoms with Crippen molar-refractivity contribution in [1.29, 1.82) is 0 Å². The number of furan rings is 1. The van der Waals surface area contributed by atoms with Crippen LogP contribution in [0, 0.1) is 0 Å². The maximum Gasteiger partial charge on any atom is 0.232 e. The van der Waals surface area contributed by atoms with E-state index in [9.17, 15) is 0 Å². The van der Waals surface area contributed by atoms with Gasteiger partial charge in [-0.15, -0.1) is 0 Å². The highest BCUT2D eigenvalue weighted by molar-refractivity contribution is 7.80. The average molecular weight is 505 g/mol. The molecule has 190 valence electrons. The molecule has 7 nitrogen and oxygen atoms in total. The summed E-state index contributed by atoms with van der Waals surface area (Å²) in [5, 5.41) is 6.98. The maximum absolute atomic E-state index is 6.00. The van der Waals surface area contributed by atoms with E-state index in [0.29, 0.717) is 17.6 Å². The van der Waals surface area contributed by atoms with E-state index < -0.39 is 0 Å². The van der Waals surface area contributed by atoms with Crippen LogP contribution in [0.2, 0.25) is 0 Å². The fourth-order valence-electron chi connectivity index (χ4n) is 4.95. The van der Waals surface area contributed by atoms with E-state index >= 15 is 0 Å². The zero-order chi connectivity index (χ0) is 24.6. The third-order valence-electron chi connectivity index (χ3n) is 6.93. The van der Waals surface area contributed by atoms with Gasteiger partial charge in [0.05, 0.1) is 6.54 Å². The Labute approximate surface area is 219 Å². The summed E-state index contributed by atoms with van der Waals surface area (Å²) in [6.07, 6.45) is 9.99. The van der Waals surface area contributed by atoms with Crippen molar-refractivity contribution >= 4 is 34.9 Å². The second-order valence-electron chi connectivity index (χ2n) is 9.65. The highest BCUT2D eigenvalue weighted by Crippen LogP contribution is 2.26. The molecule has 0 spiro atoms. The molecule has 2 aromatic heterocycles. The van der Waals surface area contributed by atoms with Crippen molar-refractivity contribution in [2.24, 2.45) is 0 Å². The normalized spacial score (nSPS) is 16.8. The van der Waals surface area contributed by atoms with Gasteiger partial charge in [0, 0.05) is 37.8 Å². The summed E-state index contributed by atoms with van der Waals surface area (Å²) < 4.78 is 6.00. The molecule has 2 saturated heterocycles. The molecule has 0 bridgehead atoms. The lowest BCUT2D eigenvalue weighted by atomic mass is 10.2. The van der Waals surface area contributed by atoms with Gasteiger partial charge in [0.15, 0.2) is 5.11 Å². The molecule has 0 atom stereocenters. The topological polar surface area (TPSA) is 69.5 Å². The summed E-state index contributed by atoms with van der Waals surface area (Å²) in [6, 6.07) is 16.2. The lowest BCUT2D eigenvalue weighted by molar-refractivity contribution is 0.516. The van der Waals surface area contributed by atoms with Crippen LogP contribution in [0.25, 0.3) is 11.3 Å². The van der Waals surface area contributed by atoms with E-state index in [2.05, 4.69) is 26.5 Å². The van der Waals surface area contributed by atoms with E-state index in [1.165, 1.54) is 51.4 Å². The van der Waals surface area contributed by atoms with Crippen molar-refractivity contribution in [1.82, 2.24) is 15.3 Å². The van der Waals surface area contributed by atoms with Crippen molar-refractivity contribution in [3.63, 3.8) is 0 Å². The zero-order valence-electron chi connectivity index (χ0n) is 20.9. The van der Waals surface area contributed by atoms with Crippen LogP contribution in [0.1, 0.15) is 57.1 Å². The van der Waals surface area contributed by atoms with Crippen molar-refractivity contribution in [2.75, 3.05) is 41.3 Å². The molecule has 2 aliphatic rings. The van der Waals surface area contributed by atoms with Gasteiger partial charge in [-0.05, 0) is 50.0 Å². The SMILES string of the molecule is S=C(NCc1ccc(-c2ccccc2)o1)Nc1nc(N2CCCCCC2)cc(N2CCCCCC2)n1. The van der Waals surface area contributed by atoms with Crippen LogP contribution < -0.4 is 20.4 Å². The molecule has 8 heteroatoms. The predicted molar refractivity (Wildman–Crippen MR) is 151 cm³/mol. The minimum absolute atomic E-state index is 0.488. The second kappa shape index (κ2) is 12.2. The van der Waals surface area contributed by atoms with Gasteiger partial charge in [-0.3, -0.25) is 0 Å². The number of hydrogen-bond donors (Lipinski definition) is 2. The Hall–Kier alpha value is -3.13. The molecule has 2 aliphatic heterocycles. The molecule has 0 aliphatic carbocycles. The van der Waals surface area contributed by atoms with Crippen LogP contribution >= 0.6 is 12.2 Å². The van der Waals surface area contributed by atoms with Gasteiger partial charge in [0.2, 0.25) is 5.95 Å². The third kappa shape index (κ3) is 6.55. The molecule has 1 aromatic carbocycles. The fraction of sp³-hybridized carbons (Fsp3) is 0.464. The largest absolute Gasteiger partial charge is 0.459 e. The van der Waals surface area contributed by atoms with E-state index in [-0.39, 0.29) is 0 Å². The molecule has 2 N–H and O–H groups in total. The van der Waals surface area contributed by atoms with Crippen LogP contribution in [-0.4, -0.2) is 41.3 Å². The predicted octanol–water partition coefficient (Wildman–Crippen LogP) is 5.98. The van der Waals surface area contributed by atoms with E-state index in [1.54, 1.807) is 0 Å². The van der Waals surface area contributed by atoms with Crippen LogP contribution in [0.15, 0.2) is 52.9 Å². The number of hydrogen-bond acceptors (Lipinski definition) is 6. The first kappa shape index (κ1) is 24.6. The molecule has 0 saturated carbocycles. The Morgan fingerprint density at radius 1 is 0.778 bits per heavy atom. The van der Waals surface area contributed by atoms with Gasteiger partial charge < -0.3 is 24.9 Å². The van der Waals surface area contributed by atoms with Crippen molar-refractivity contribution in [3.8, 4) is 11.3 Å². The van der Waals surface area contributed by atoms with Gasteiger partial charge in [-0.25, -0.2) is 0 Å². The lowest BCUT2D eigenvalue weighted by Crippen LogP contribution is -2.31. The summed E-state index contributed by atoms with van der Waals surface area (Å²) >= 11 is 5.61. The molecule has 0 radical (unpaired) electrons. The standard InChI is InChI=1S/C28H36N6OS/c36-28(29-21-23-14-15-24(35-23)22-12-6-5-7-13-22)32-27-30-25(33-16-8-1-2-9-17-33)20-26(31-27)34-18-10-3-4-11-19-34/h5-7,12-15,20H,1-4,8-11,16-19,21H2,(H2,29,30,31,32,36). The third-order valence-corrected chi connectivity index (χ3v) is 7.17. The molecule has 5 rings (SSSR count). The zero-order valence-corrected chi connectivity index (χ0v) is 21.7. The fourth-order valence-corrected chi connectivity index (χ4v) is 5.11. The average Bonchev–Trinajstić information content (AvgIpc) is 3.07. The minimum Gasteiger partial charge on any atom is -0.459 e. The highest BCUT2D eigenvalue weighted by Gasteiger charge is 2.18. The number of nitrogens with zero attached hydrogens (tertiary/aromatic N) is 4. The Morgan fingerprint density at radius 3 is 1.94 bits per heavy atom. The minimum atomic E-state index is 0.488. The molecule has 0 unspecified atom stereocenters. The van der Waals surface area contributed by atoms with E-state index in [0.717, 1.165) is 54.9 Å². The molecule has 2 fully saturated rings. The van der Waals surface area contributed by atoms with Crippen LogP contribution in [0.4, 0.5) is 17.6 Å². The Bertz CT molecular complexity index is 1080. The van der Waals surface area contributed by atoms with Crippen LogP contribution in [0.3, 0.4) is 0 Å². The molecular weight excluding hydrogens is 468 g/mol. The molecular formula is C28H36N6OS. The Kier molecular flexibility index (Phi) is 8.33. The molecule has 4 heterocycles. The quantitative estimate of drug-likeness (QED) is 0.397. The Balaban J connectivity index is 1.27. The number of benzene rings is 1. The summed E-state index contributed by atoms with van der Waals surface area (Å²) in [4.78, 5) is 14.6. The van der Waals surface area contributed by atoms with Gasteiger partial charge >= 0.3 is 0 Å². The Morgan fingerprint density at radius 2 is 1.36 bits per heavy atom. The summed E-state index contributed by atoms with van der Waals surface area (Å²) in [5.74, 6) is 4.22. The van der Waals surface area contributed by atoms with Crippen molar-refractivity contribution in [3.05, 3.63) is 54.3 Å². The van der Waals surface area contributed by atoms with E-state index in [1.807, 2.05) is 42.5 Å². The monoisotopic (exact) mass is 504 g/mol.